The second-order valence-corrected chi connectivity index (χ2v) is 6.18. The number of carboxylic acid groups (broad SMARTS) is 1. The van der Waals surface area contributed by atoms with E-state index in [1.165, 1.54) is 11.8 Å². The molecule has 0 aliphatic rings. The Labute approximate surface area is 145 Å². The first kappa shape index (κ1) is 19.1. The zero-order valence-electron chi connectivity index (χ0n) is 13.2. The molecular weight excluding hydrogens is 359 g/mol. The van der Waals surface area contributed by atoms with E-state index in [0.717, 1.165) is 0 Å². The number of amides is 1. The highest BCUT2D eigenvalue weighted by atomic mass is 32.2. The number of thioether (sulfide) groups is 1. The Bertz CT molecular complexity index is 776. The van der Waals surface area contributed by atoms with Gasteiger partial charge in [0.25, 0.3) is 0 Å². The molecule has 2 aromatic rings. The molecule has 6 nitrogen and oxygen atoms in total. The Morgan fingerprint density at radius 3 is 2.64 bits per heavy atom. The van der Waals surface area contributed by atoms with E-state index in [0.29, 0.717) is 22.6 Å². The molecule has 1 amide bonds. The van der Waals surface area contributed by atoms with Crippen LogP contribution in [0.4, 0.5) is 13.2 Å². The van der Waals surface area contributed by atoms with Crippen LogP contribution < -0.4 is 5.32 Å². The number of carbonyl (C=O) groups is 2. The van der Waals surface area contributed by atoms with E-state index in [1.54, 1.807) is 28.8 Å². The number of aromatic nitrogens is 2. The van der Waals surface area contributed by atoms with Crippen molar-refractivity contribution in [3.05, 3.63) is 30.1 Å². The van der Waals surface area contributed by atoms with Crippen molar-refractivity contribution in [3.8, 4) is 0 Å². The van der Waals surface area contributed by atoms with Crippen LogP contribution >= 0.6 is 11.8 Å². The predicted octanol–water partition coefficient (Wildman–Crippen LogP) is 2.42. The topological polar surface area (TPSA) is 84.2 Å². The van der Waals surface area contributed by atoms with Crippen LogP contribution in [0.3, 0.4) is 0 Å². The maximum absolute atomic E-state index is 12.4. The highest BCUT2D eigenvalue weighted by Gasteiger charge is 2.36. The SMILES string of the molecule is CSCc1nc2ccccc2n1CC(=O)NC(CC(F)(F)F)C(=O)O. The summed E-state index contributed by atoms with van der Waals surface area (Å²) in [7, 11) is 0. The molecule has 10 heteroatoms. The normalized spacial score (nSPS) is 13.0. The highest BCUT2D eigenvalue weighted by molar-refractivity contribution is 7.97. The first-order chi connectivity index (χ1) is 11.7. The lowest BCUT2D eigenvalue weighted by molar-refractivity contribution is -0.160. The molecule has 0 saturated carbocycles. The molecule has 0 spiro atoms. The van der Waals surface area contributed by atoms with Gasteiger partial charge >= 0.3 is 12.1 Å². The second-order valence-electron chi connectivity index (χ2n) is 5.31. The number of alkyl halides is 3. The summed E-state index contributed by atoms with van der Waals surface area (Å²) in [6, 6.07) is 5.02. The number of nitrogens with zero attached hydrogens (tertiary/aromatic N) is 2. The molecule has 2 N–H and O–H groups in total. The lowest BCUT2D eigenvalue weighted by atomic mass is 10.2. The highest BCUT2D eigenvalue weighted by Crippen LogP contribution is 2.22. The van der Waals surface area contributed by atoms with E-state index >= 15 is 0 Å². The van der Waals surface area contributed by atoms with E-state index in [2.05, 4.69) is 4.98 Å². The fourth-order valence-corrected chi connectivity index (χ4v) is 2.83. The molecule has 0 aliphatic carbocycles. The van der Waals surface area contributed by atoms with Crippen LogP contribution in [0.25, 0.3) is 11.0 Å². The van der Waals surface area contributed by atoms with Crippen LogP contribution in [0.5, 0.6) is 0 Å². The molecule has 0 radical (unpaired) electrons. The number of halogens is 3. The van der Waals surface area contributed by atoms with Crippen molar-refractivity contribution in [2.24, 2.45) is 0 Å². The van der Waals surface area contributed by atoms with Crippen molar-refractivity contribution in [3.63, 3.8) is 0 Å². The molecule has 1 unspecified atom stereocenters. The average molecular weight is 375 g/mol. The van der Waals surface area contributed by atoms with Gasteiger partial charge < -0.3 is 15.0 Å². The number of carbonyl (C=O) groups excluding carboxylic acids is 1. The van der Waals surface area contributed by atoms with Gasteiger partial charge in [0.15, 0.2) is 0 Å². The third kappa shape index (κ3) is 5.12. The molecule has 136 valence electrons. The first-order valence-electron chi connectivity index (χ1n) is 7.23. The summed E-state index contributed by atoms with van der Waals surface area (Å²) < 4.78 is 38.9. The minimum Gasteiger partial charge on any atom is -0.480 e. The number of hydrogen-bond acceptors (Lipinski definition) is 4. The summed E-state index contributed by atoms with van der Waals surface area (Å²) >= 11 is 1.48. The van der Waals surface area contributed by atoms with E-state index in [9.17, 15) is 22.8 Å². The van der Waals surface area contributed by atoms with Gasteiger partial charge in [0.1, 0.15) is 18.4 Å². The molecule has 1 aromatic heterocycles. The number of imidazole rings is 1. The van der Waals surface area contributed by atoms with Crippen LogP contribution in [-0.4, -0.2) is 45.0 Å². The first-order valence-corrected chi connectivity index (χ1v) is 8.62. The summed E-state index contributed by atoms with van der Waals surface area (Å²) in [6.45, 7) is -0.307. The van der Waals surface area contributed by atoms with Crippen molar-refractivity contribution < 1.29 is 27.9 Å². The fraction of sp³-hybridized carbons (Fsp3) is 0.400. The van der Waals surface area contributed by atoms with Gasteiger partial charge in [-0.2, -0.15) is 24.9 Å². The van der Waals surface area contributed by atoms with Gasteiger partial charge in [0.2, 0.25) is 5.91 Å². The zero-order chi connectivity index (χ0) is 18.6. The molecule has 0 saturated heterocycles. The summed E-state index contributed by atoms with van der Waals surface area (Å²) in [4.78, 5) is 27.5. The largest absolute Gasteiger partial charge is 0.480 e. The molecule has 0 fully saturated rings. The Hall–Kier alpha value is -2.23. The Morgan fingerprint density at radius 2 is 2.04 bits per heavy atom. The van der Waals surface area contributed by atoms with Crippen molar-refractivity contribution >= 4 is 34.7 Å². The van der Waals surface area contributed by atoms with Crippen LogP contribution in [0, 0.1) is 0 Å². The monoisotopic (exact) mass is 375 g/mol. The van der Waals surface area contributed by atoms with Gasteiger partial charge in [-0.25, -0.2) is 9.78 Å². The number of benzene rings is 1. The average Bonchev–Trinajstić information content (AvgIpc) is 2.83. The predicted molar refractivity (Wildman–Crippen MR) is 87.2 cm³/mol. The lowest BCUT2D eigenvalue weighted by Crippen LogP contribution is -2.44. The third-order valence-corrected chi connectivity index (χ3v) is 3.92. The molecule has 1 aromatic carbocycles. The number of para-hydroxylation sites is 2. The van der Waals surface area contributed by atoms with Crippen molar-refractivity contribution in [1.29, 1.82) is 0 Å². The van der Waals surface area contributed by atoms with E-state index in [-0.39, 0.29) is 6.54 Å². The third-order valence-electron chi connectivity index (χ3n) is 3.38. The maximum atomic E-state index is 12.4. The number of rotatable bonds is 7. The van der Waals surface area contributed by atoms with Crippen molar-refractivity contribution in [1.82, 2.24) is 14.9 Å². The quantitative estimate of drug-likeness (QED) is 0.777. The number of hydrogen-bond donors (Lipinski definition) is 2. The lowest BCUT2D eigenvalue weighted by Gasteiger charge is -2.17. The van der Waals surface area contributed by atoms with E-state index in [1.807, 2.05) is 11.6 Å². The zero-order valence-corrected chi connectivity index (χ0v) is 14.0. The van der Waals surface area contributed by atoms with Gasteiger partial charge in [0.05, 0.1) is 23.2 Å². The summed E-state index contributed by atoms with van der Waals surface area (Å²) in [5.74, 6) is -1.45. The summed E-state index contributed by atoms with van der Waals surface area (Å²) in [6.07, 6.45) is -4.47. The van der Waals surface area contributed by atoms with Gasteiger partial charge in [0, 0.05) is 0 Å². The smallest absolute Gasteiger partial charge is 0.391 e. The van der Waals surface area contributed by atoms with Gasteiger partial charge in [-0.1, -0.05) is 12.1 Å². The molecule has 0 aliphatic heterocycles. The van der Waals surface area contributed by atoms with Gasteiger partial charge in [-0.15, -0.1) is 0 Å². The Kier molecular flexibility index (Phi) is 5.93. The second kappa shape index (κ2) is 7.77. The molecule has 2 rings (SSSR count). The Morgan fingerprint density at radius 1 is 1.36 bits per heavy atom. The summed E-state index contributed by atoms with van der Waals surface area (Å²) in [5.41, 5.74) is 1.31. The van der Waals surface area contributed by atoms with E-state index in [4.69, 9.17) is 5.11 Å². The van der Waals surface area contributed by atoms with Gasteiger partial charge in [-0.05, 0) is 18.4 Å². The van der Waals surface area contributed by atoms with Crippen molar-refractivity contribution in [2.75, 3.05) is 6.26 Å². The maximum Gasteiger partial charge on any atom is 0.391 e. The molecule has 1 atom stereocenters. The van der Waals surface area contributed by atoms with Gasteiger partial charge in [-0.3, -0.25) is 4.79 Å². The molecular formula is C15H16F3N3O3S. The molecule has 1 heterocycles. The minimum atomic E-state index is -4.69. The van der Waals surface area contributed by atoms with Crippen LogP contribution in [0.1, 0.15) is 12.2 Å². The van der Waals surface area contributed by atoms with Crippen LogP contribution in [-0.2, 0) is 21.9 Å². The number of fused-ring (bicyclic) bond motifs is 1. The number of aliphatic carboxylic acids is 1. The minimum absolute atomic E-state index is 0.307. The number of carboxylic acids is 1. The number of nitrogens with one attached hydrogen (secondary N) is 1. The standard InChI is InChI=1S/C15H16F3N3O3S/c1-25-8-12-19-9-4-2-3-5-11(9)21(12)7-13(22)20-10(14(23)24)6-15(16,17)18/h2-5,10H,6-8H2,1H3,(H,20,22)(H,23,24). The molecule has 25 heavy (non-hydrogen) atoms. The molecule has 0 bridgehead atoms. The van der Waals surface area contributed by atoms with Crippen LogP contribution in [0.15, 0.2) is 24.3 Å². The fourth-order valence-electron chi connectivity index (χ4n) is 2.36. The summed E-state index contributed by atoms with van der Waals surface area (Å²) in [5, 5.41) is 10.8. The van der Waals surface area contributed by atoms with Crippen LogP contribution in [0.2, 0.25) is 0 Å². The van der Waals surface area contributed by atoms with E-state index < -0.39 is 30.5 Å². The van der Waals surface area contributed by atoms with Crippen molar-refractivity contribution in [2.45, 2.75) is 30.9 Å². The Balaban J connectivity index is 2.20.